The molecule has 1 aromatic carbocycles. The summed E-state index contributed by atoms with van der Waals surface area (Å²) in [5.74, 6) is 1.20. The van der Waals surface area contributed by atoms with Crippen LogP contribution >= 0.6 is 0 Å². The Morgan fingerprint density at radius 2 is 1.70 bits per heavy atom. The molecule has 0 aliphatic carbocycles. The first-order chi connectivity index (χ1) is 9.67. The standard InChI is InChI=1S/C14H22N2O4/c1-18-11-8-10(9-12(19-2)13(11)20-3)14(17)16-7-5-4-6-15/h8-9H,4-7,15H2,1-3H3,(H,16,17). The van der Waals surface area contributed by atoms with Crippen molar-refractivity contribution >= 4 is 5.91 Å². The van der Waals surface area contributed by atoms with Gasteiger partial charge in [0.25, 0.3) is 5.91 Å². The summed E-state index contributed by atoms with van der Waals surface area (Å²) in [6, 6.07) is 3.25. The van der Waals surface area contributed by atoms with E-state index < -0.39 is 0 Å². The Morgan fingerprint density at radius 3 is 2.15 bits per heavy atom. The molecule has 0 aliphatic heterocycles. The van der Waals surface area contributed by atoms with E-state index in [-0.39, 0.29) is 5.91 Å². The Bertz CT molecular complexity index is 424. The van der Waals surface area contributed by atoms with Gasteiger partial charge in [-0.3, -0.25) is 4.79 Å². The van der Waals surface area contributed by atoms with Gasteiger partial charge < -0.3 is 25.3 Å². The quantitative estimate of drug-likeness (QED) is 0.700. The van der Waals surface area contributed by atoms with Crippen LogP contribution in [0.15, 0.2) is 12.1 Å². The molecule has 0 fully saturated rings. The number of nitrogens with one attached hydrogen (secondary N) is 1. The normalized spacial score (nSPS) is 10.0. The molecule has 112 valence electrons. The van der Waals surface area contributed by atoms with E-state index in [0.717, 1.165) is 12.8 Å². The number of rotatable bonds is 8. The van der Waals surface area contributed by atoms with Crippen molar-refractivity contribution in [2.24, 2.45) is 5.73 Å². The number of carbonyl (C=O) groups is 1. The van der Waals surface area contributed by atoms with Crippen molar-refractivity contribution in [2.75, 3.05) is 34.4 Å². The summed E-state index contributed by atoms with van der Waals surface area (Å²) in [5, 5.41) is 2.83. The first kappa shape index (κ1) is 16.1. The third-order valence-electron chi connectivity index (χ3n) is 2.84. The van der Waals surface area contributed by atoms with Gasteiger partial charge in [0, 0.05) is 12.1 Å². The lowest BCUT2D eigenvalue weighted by molar-refractivity contribution is 0.0952. The van der Waals surface area contributed by atoms with Crippen LogP contribution in [0, 0.1) is 0 Å². The van der Waals surface area contributed by atoms with E-state index in [2.05, 4.69) is 5.32 Å². The Labute approximate surface area is 119 Å². The van der Waals surface area contributed by atoms with Crippen LogP contribution in [0.5, 0.6) is 17.2 Å². The molecule has 20 heavy (non-hydrogen) atoms. The second-order valence-corrected chi connectivity index (χ2v) is 4.17. The molecule has 0 heterocycles. The third-order valence-corrected chi connectivity index (χ3v) is 2.84. The maximum absolute atomic E-state index is 12.0. The highest BCUT2D eigenvalue weighted by molar-refractivity contribution is 5.95. The molecular weight excluding hydrogens is 260 g/mol. The average Bonchev–Trinajstić information content (AvgIpc) is 2.49. The SMILES string of the molecule is COc1cc(C(=O)NCCCCN)cc(OC)c1OC. The zero-order valence-electron chi connectivity index (χ0n) is 12.2. The Kier molecular flexibility index (Phi) is 6.66. The monoisotopic (exact) mass is 282 g/mol. The fourth-order valence-corrected chi connectivity index (χ4v) is 1.79. The highest BCUT2D eigenvalue weighted by Crippen LogP contribution is 2.38. The van der Waals surface area contributed by atoms with Crippen LogP contribution in [0.3, 0.4) is 0 Å². The predicted molar refractivity (Wildman–Crippen MR) is 76.7 cm³/mol. The maximum atomic E-state index is 12.0. The van der Waals surface area contributed by atoms with E-state index in [1.807, 2.05) is 0 Å². The summed E-state index contributed by atoms with van der Waals surface area (Å²) in [6.45, 7) is 1.22. The minimum absolute atomic E-state index is 0.179. The van der Waals surface area contributed by atoms with Gasteiger partial charge in [-0.25, -0.2) is 0 Å². The molecule has 0 saturated carbocycles. The molecule has 0 spiro atoms. The highest BCUT2D eigenvalue weighted by Gasteiger charge is 2.16. The van der Waals surface area contributed by atoms with E-state index >= 15 is 0 Å². The fourth-order valence-electron chi connectivity index (χ4n) is 1.79. The predicted octanol–water partition coefficient (Wildman–Crippen LogP) is 1.18. The second kappa shape index (κ2) is 8.27. The van der Waals surface area contributed by atoms with Crippen molar-refractivity contribution < 1.29 is 19.0 Å². The van der Waals surface area contributed by atoms with Crippen molar-refractivity contribution in [3.63, 3.8) is 0 Å². The molecule has 0 radical (unpaired) electrons. The minimum Gasteiger partial charge on any atom is -0.493 e. The van der Waals surface area contributed by atoms with Crippen molar-refractivity contribution in [2.45, 2.75) is 12.8 Å². The molecule has 6 heteroatoms. The van der Waals surface area contributed by atoms with E-state index in [0.29, 0.717) is 35.9 Å². The topological polar surface area (TPSA) is 82.8 Å². The zero-order chi connectivity index (χ0) is 15.0. The van der Waals surface area contributed by atoms with Crippen LogP contribution < -0.4 is 25.3 Å². The smallest absolute Gasteiger partial charge is 0.251 e. The van der Waals surface area contributed by atoms with Gasteiger partial charge >= 0.3 is 0 Å². The molecule has 6 nitrogen and oxygen atoms in total. The molecule has 0 aliphatic rings. The first-order valence-corrected chi connectivity index (χ1v) is 6.46. The number of benzene rings is 1. The summed E-state index contributed by atoms with van der Waals surface area (Å²) >= 11 is 0. The van der Waals surface area contributed by atoms with Gasteiger partial charge in [-0.1, -0.05) is 0 Å². The number of hydrogen-bond donors (Lipinski definition) is 2. The number of unbranched alkanes of at least 4 members (excludes halogenated alkanes) is 1. The lowest BCUT2D eigenvalue weighted by atomic mass is 10.1. The molecule has 1 amide bonds. The molecule has 0 bridgehead atoms. The van der Waals surface area contributed by atoms with Gasteiger partial charge in [0.05, 0.1) is 21.3 Å². The van der Waals surface area contributed by atoms with Gasteiger partial charge in [-0.2, -0.15) is 0 Å². The Balaban J connectivity index is 2.86. The van der Waals surface area contributed by atoms with Crippen LogP contribution in [0.25, 0.3) is 0 Å². The number of nitrogens with two attached hydrogens (primary N) is 1. The number of methoxy groups -OCH3 is 3. The molecule has 1 rings (SSSR count). The molecule has 0 atom stereocenters. The summed E-state index contributed by atoms with van der Waals surface area (Å²) in [5.41, 5.74) is 5.87. The number of amides is 1. The largest absolute Gasteiger partial charge is 0.493 e. The van der Waals surface area contributed by atoms with Gasteiger partial charge in [0.1, 0.15) is 0 Å². The van der Waals surface area contributed by atoms with Gasteiger partial charge in [-0.05, 0) is 31.5 Å². The van der Waals surface area contributed by atoms with Crippen molar-refractivity contribution in [1.82, 2.24) is 5.32 Å². The zero-order valence-corrected chi connectivity index (χ0v) is 12.2. The van der Waals surface area contributed by atoms with Crippen LogP contribution in [0.2, 0.25) is 0 Å². The Morgan fingerprint density at radius 1 is 1.10 bits per heavy atom. The van der Waals surface area contributed by atoms with Crippen molar-refractivity contribution in [1.29, 1.82) is 0 Å². The van der Waals surface area contributed by atoms with E-state index in [1.54, 1.807) is 12.1 Å². The van der Waals surface area contributed by atoms with Gasteiger partial charge in [-0.15, -0.1) is 0 Å². The van der Waals surface area contributed by atoms with Crippen molar-refractivity contribution in [3.8, 4) is 17.2 Å². The maximum Gasteiger partial charge on any atom is 0.251 e. The van der Waals surface area contributed by atoms with Crippen LogP contribution in [-0.2, 0) is 0 Å². The van der Waals surface area contributed by atoms with E-state index in [9.17, 15) is 4.79 Å². The van der Waals surface area contributed by atoms with Crippen molar-refractivity contribution in [3.05, 3.63) is 17.7 Å². The highest BCUT2D eigenvalue weighted by atomic mass is 16.5. The van der Waals surface area contributed by atoms with E-state index in [1.165, 1.54) is 21.3 Å². The van der Waals surface area contributed by atoms with Gasteiger partial charge in [0.15, 0.2) is 11.5 Å². The molecule has 0 saturated heterocycles. The minimum atomic E-state index is -0.179. The lowest BCUT2D eigenvalue weighted by Gasteiger charge is -2.14. The molecule has 0 unspecified atom stereocenters. The first-order valence-electron chi connectivity index (χ1n) is 6.46. The Hall–Kier alpha value is -1.95. The van der Waals surface area contributed by atoms with E-state index in [4.69, 9.17) is 19.9 Å². The van der Waals surface area contributed by atoms with Crippen LogP contribution in [-0.4, -0.2) is 40.3 Å². The lowest BCUT2D eigenvalue weighted by Crippen LogP contribution is -2.25. The molecule has 1 aromatic rings. The molecular formula is C14H22N2O4. The summed E-state index contributed by atoms with van der Waals surface area (Å²) in [4.78, 5) is 12.0. The summed E-state index contributed by atoms with van der Waals surface area (Å²) in [6.07, 6.45) is 1.74. The molecule has 3 N–H and O–H groups in total. The second-order valence-electron chi connectivity index (χ2n) is 4.17. The third kappa shape index (κ3) is 4.03. The molecule has 0 aromatic heterocycles. The number of carbonyl (C=O) groups excluding carboxylic acids is 1. The van der Waals surface area contributed by atoms with Crippen LogP contribution in [0.1, 0.15) is 23.2 Å². The summed E-state index contributed by atoms with van der Waals surface area (Å²) in [7, 11) is 4.55. The summed E-state index contributed by atoms with van der Waals surface area (Å²) < 4.78 is 15.6. The van der Waals surface area contributed by atoms with Crippen LogP contribution in [0.4, 0.5) is 0 Å². The number of ether oxygens (including phenoxy) is 3. The fraction of sp³-hybridized carbons (Fsp3) is 0.500. The number of hydrogen-bond acceptors (Lipinski definition) is 5. The average molecular weight is 282 g/mol. The van der Waals surface area contributed by atoms with Gasteiger partial charge in [0.2, 0.25) is 5.75 Å².